The third kappa shape index (κ3) is 2.74. The molecule has 1 heterocycles. The molecule has 0 radical (unpaired) electrons. The summed E-state index contributed by atoms with van der Waals surface area (Å²) in [6.45, 7) is 1.84. The molecule has 1 spiro atoms. The molecule has 1 aliphatic carbocycles. The topological polar surface area (TPSA) is 69.7 Å². The number of nitrogens with zero attached hydrogens (tertiary/aromatic N) is 2. The first-order chi connectivity index (χ1) is 11.5. The Morgan fingerprint density at radius 2 is 1.88 bits per heavy atom. The Morgan fingerprint density at radius 3 is 2.46 bits per heavy atom. The summed E-state index contributed by atoms with van der Waals surface area (Å²) in [7, 11) is 0. The Hall–Kier alpha value is -2.44. The van der Waals surface area contributed by atoms with Crippen molar-refractivity contribution in [1.82, 2.24) is 10.2 Å². The number of nitrogens with one attached hydrogen (secondary N) is 1. The lowest BCUT2D eigenvalue weighted by Gasteiger charge is -2.24. The van der Waals surface area contributed by atoms with E-state index in [9.17, 15) is 18.8 Å². The molecule has 1 saturated heterocycles. The molecule has 0 atom stereocenters. The molecule has 6 nitrogen and oxygen atoms in total. The lowest BCUT2D eigenvalue weighted by molar-refractivity contribution is -0.134. The van der Waals surface area contributed by atoms with Crippen molar-refractivity contribution in [2.75, 3.05) is 18.0 Å². The molecule has 2 fully saturated rings. The number of rotatable bonds is 4. The van der Waals surface area contributed by atoms with Crippen LogP contribution < -0.4 is 10.2 Å². The van der Waals surface area contributed by atoms with Gasteiger partial charge in [-0.1, -0.05) is 12.8 Å². The highest BCUT2D eigenvalue weighted by Crippen LogP contribution is 2.35. The fourth-order valence-electron chi connectivity index (χ4n) is 3.48. The van der Waals surface area contributed by atoms with E-state index in [0.717, 1.165) is 17.7 Å². The molecular weight excluding hydrogens is 313 g/mol. The average molecular weight is 333 g/mol. The molecule has 128 valence electrons. The van der Waals surface area contributed by atoms with Crippen LogP contribution in [0.5, 0.6) is 0 Å². The van der Waals surface area contributed by atoms with Crippen LogP contribution in [-0.4, -0.2) is 41.4 Å². The molecule has 1 aromatic rings. The van der Waals surface area contributed by atoms with Gasteiger partial charge in [0.2, 0.25) is 5.91 Å². The second kappa shape index (κ2) is 6.22. The summed E-state index contributed by atoms with van der Waals surface area (Å²) >= 11 is 0. The molecule has 4 amide bonds. The molecule has 24 heavy (non-hydrogen) atoms. The second-order valence-electron chi connectivity index (χ2n) is 6.23. The maximum atomic E-state index is 13.0. The van der Waals surface area contributed by atoms with Crippen molar-refractivity contribution in [1.29, 1.82) is 0 Å². The number of amides is 4. The van der Waals surface area contributed by atoms with E-state index in [1.54, 1.807) is 6.92 Å². The van der Waals surface area contributed by atoms with Crippen LogP contribution in [0.4, 0.5) is 14.9 Å². The Bertz CT molecular complexity index is 668. The maximum absolute atomic E-state index is 13.0. The lowest BCUT2D eigenvalue weighted by Crippen LogP contribution is -2.46. The smallest absolute Gasteiger partial charge is 0.323 e. The zero-order valence-electron chi connectivity index (χ0n) is 13.5. The summed E-state index contributed by atoms with van der Waals surface area (Å²) in [5.74, 6) is -1.07. The molecule has 7 heteroatoms. The molecule has 1 aliphatic heterocycles. The normalized spacial score (nSPS) is 19.0. The first-order valence-corrected chi connectivity index (χ1v) is 8.17. The summed E-state index contributed by atoms with van der Waals surface area (Å²) in [6.07, 6.45) is 3.03. The number of halogens is 1. The summed E-state index contributed by atoms with van der Waals surface area (Å²) in [5, 5.41) is 2.76. The molecular formula is C17H20FN3O3. The van der Waals surface area contributed by atoms with E-state index in [0.29, 0.717) is 25.1 Å². The number of benzene rings is 1. The summed E-state index contributed by atoms with van der Waals surface area (Å²) in [6, 6.07) is 5.03. The molecule has 1 aromatic carbocycles. The Morgan fingerprint density at radius 1 is 1.25 bits per heavy atom. The van der Waals surface area contributed by atoms with Crippen LogP contribution in [0.25, 0.3) is 0 Å². The maximum Gasteiger partial charge on any atom is 0.325 e. The SMILES string of the molecule is CCN(C(=O)CN1C(=O)NC2(CCCC2)C1=O)c1ccc(F)cc1. The third-order valence-corrected chi connectivity index (χ3v) is 4.75. The summed E-state index contributed by atoms with van der Waals surface area (Å²) < 4.78 is 13.0. The number of urea groups is 1. The second-order valence-corrected chi connectivity index (χ2v) is 6.23. The highest BCUT2D eigenvalue weighted by molar-refractivity contribution is 6.10. The first kappa shape index (κ1) is 16.4. The van der Waals surface area contributed by atoms with Gasteiger partial charge in [0.1, 0.15) is 17.9 Å². The summed E-state index contributed by atoms with van der Waals surface area (Å²) in [4.78, 5) is 39.7. The molecule has 0 aromatic heterocycles. The lowest BCUT2D eigenvalue weighted by atomic mass is 9.98. The van der Waals surface area contributed by atoms with Crippen molar-refractivity contribution < 1.29 is 18.8 Å². The van der Waals surface area contributed by atoms with Crippen molar-refractivity contribution in [2.24, 2.45) is 0 Å². The minimum atomic E-state index is -0.815. The van der Waals surface area contributed by atoms with E-state index in [4.69, 9.17) is 0 Å². The van der Waals surface area contributed by atoms with Crippen LogP contribution in [0, 0.1) is 5.82 Å². The van der Waals surface area contributed by atoms with Gasteiger partial charge >= 0.3 is 6.03 Å². The van der Waals surface area contributed by atoms with Gasteiger partial charge in [-0.05, 0) is 44.0 Å². The third-order valence-electron chi connectivity index (χ3n) is 4.75. The number of hydrogen-bond acceptors (Lipinski definition) is 3. The van der Waals surface area contributed by atoms with Crippen molar-refractivity contribution in [2.45, 2.75) is 38.1 Å². The Kier molecular flexibility index (Phi) is 4.26. The predicted molar refractivity (Wildman–Crippen MR) is 85.9 cm³/mol. The highest BCUT2D eigenvalue weighted by Gasteiger charge is 2.52. The van der Waals surface area contributed by atoms with Gasteiger partial charge in [-0.2, -0.15) is 0 Å². The zero-order chi connectivity index (χ0) is 17.3. The van der Waals surface area contributed by atoms with Crippen molar-refractivity contribution in [3.63, 3.8) is 0 Å². The predicted octanol–water partition coefficient (Wildman–Crippen LogP) is 2.04. The first-order valence-electron chi connectivity index (χ1n) is 8.17. The molecule has 1 saturated carbocycles. The molecule has 3 rings (SSSR count). The summed E-state index contributed by atoms with van der Waals surface area (Å²) in [5.41, 5.74) is -0.281. The van der Waals surface area contributed by atoms with E-state index >= 15 is 0 Å². The minimum Gasteiger partial charge on any atom is -0.323 e. The van der Waals surface area contributed by atoms with Gasteiger partial charge in [0.25, 0.3) is 5.91 Å². The van der Waals surface area contributed by atoms with Crippen LogP contribution in [0.3, 0.4) is 0 Å². The van der Waals surface area contributed by atoms with Crippen molar-refractivity contribution in [3.8, 4) is 0 Å². The van der Waals surface area contributed by atoms with E-state index in [2.05, 4.69) is 5.32 Å². The van der Waals surface area contributed by atoms with Crippen LogP contribution in [0.2, 0.25) is 0 Å². The molecule has 0 unspecified atom stereocenters. The van der Waals surface area contributed by atoms with E-state index in [1.807, 2.05) is 0 Å². The van der Waals surface area contributed by atoms with Gasteiger partial charge in [0, 0.05) is 12.2 Å². The number of anilines is 1. The Balaban J connectivity index is 1.74. The van der Waals surface area contributed by atoms with Crippen LogP contribution in [0.1, 0.15) is 32.6 Å². The minimum absolute atomic E-state index is 0.308. The van der Waals surface area contributed by atoms with Gasteiger partial charge in [-0.25, -0.2) is 9.18 Å². The van der Waals surface area contributed by atoms with E-state index in [-0.39, 0.29) is 24.2 Å². The van der Waals surface area contributed by atoms with Gasteiger partial charge in [0.15, 0.2) is 0 Å². The molecule has 0 bridgehead atoms. The number of likely N-dealkylation sites (N-methyl/N-ethyl adjacent to an activating group) is 1. The van der Waals surface area contributed by atoms with Crippen LogP contribution in [-0.2, 0) is 9.59 Å². The number of imide groups is 1. The van der Waals surface area contributed by atoms with Crippen LogP contribution in [0.15, 0.2) is 24.3 Å². The highest BCUT2D eigenvalue weighted by atomic mass is 19.1. The fraction of sp³-hybridized carbons (Fsp3) is 0.471. The fourth-order valence-corrected chi connectivity index (χ4v) is 3.48. The van der Waals surface area contributed by atoms with Gasteiger partial charge in [-0.3, -0.25) is 14.5 Å². The zero-order valence-corrected chi connectivity index (χ0v) is 13.5. The number of carbonyl (C=O) groups is 3. The van der Waals surface area contributed by atoms with Crippen LogP contribution >= 0.6 is 0 Å². The molecule has 2 aliphatic rings. The number of carbonyl (C=O) groups excluding carboxylic acids is 3. The van der Waals surface area contributed by atoms with Gasteiger partial charge in [0.05, 0.1) is 0 Å². The van der Waals surface area contributed by atoms with Crippen molar-refractivity contribution >= 4 is 23.5 Å². The number of hydrogen-bond donors (Lipinski definition) is 1. The molecule has 1 N–H and O–H groups in total. The Labute approximate surface area is 139 Å². The average Bonchev–Trinajstić information content (AvgIpc) is 3.11. The van der Waals surface area contributed by atoms with E-state index < -0.39 is 11.6 Å². The quantitative estimate of drug-likeness (QED) is 0.857. The largest absolute Gasteiger partial charge is 0.325 e. The standard InChI is InChI=1S/C17H20FN3O3/c1-2-20(13-7-5-12(18)6-8-13)14(22)11-21-15(23)17(19-16(21)24)9-3-4-10-17/h5-8H,2-4,9-11H2,1H3,(H,19,24). The van der Waals surface area contributed by atoms with Gasteiger partial charge in [-0.15, -0.1) is 0 Å². The van der Waals surface area contributed by atoms with Gasteiger partial charge < -0.3 is 10.2 Å². The van der Waals surface area contributed by atoms with E-state index in [1.165, 1.54) is 29.2 Å². The monoisotopic (exact) mass is 333 g/mol. The van der Waals surface area contributed by atoms with Crippen molar-refractivity contribution in [3.05, 3.63) is 30.1 Å².